The maximum Gasteiger partial charge on any atom is 0.108 e. The van der Waals surface area contributed by atoms with Gasteiger partial charge in [-0.1, -0.05) is 37.6 Å². The predicted molar refractivity (Wildman–Crippen MR) is 93.0 cm³/mol. The van der Waals surface area contributed by atoms with Gasteiger partial charge in [0.25, 0.3) is 0 Å². The zero-order valence-corrected chi connectivity index (χ0v) is 15.2. The third-order valence-corrected chi connectivity index (χ3v) is 8.77. The molecule has 4 aliphatic rings. The zero-order chi connectivity index (χ0) is 16.6. The second-order valence-corrected chi connectivity index (χ2v) is 9.50. The molecular formula is C20H29ClO2. The minimum absolute atomic E-state index is 0.00495. The minimum Gasteiger partial charge on any atom is -0.390 e. The van der Waals surface area contributed by atoms with Crippen LogP contribution in [0.1, 0.15) is 59.3 Å². The van der Waals surface area contributed by atoms with Crippen LogP contribution in [-0.4, -0.2) is 21.9 Å². The first-order valence-electron chi connectivity index (χ1n) is 9.19. The van der Waals surface area contributed by atoms with Gasteiger partial charge in [-0.25, -0.2) is 0 Å². The van der Waals surface area contributed by atoms with Gasteiger partial charge >= 0.3 is 0 Å². The van der Waals surface area contributed by atoms with Gasteiger partial charge in [0, 0.05) is 5.41 Å². The maximum absolute atomic E-state index is 10.9. The number of rotatable bonds is 0. The molecule has 0 bridgehead atoms. The van der Waals surface area contributed by atoms with Crippen molar-refractivity contribution in [3.63, 3.8) is 0 Å². The number of halogens is 1. The number of allylic oxidation sites excluding steroid dienone is 2. The molecule has 4 aliphatic carbocycles. The summed E-state index contributed by atoms with van der Waals surface area (Å²) in [5, 5.41) is 21.7. The first-order chi connectivity index (χ1) is 10.7. The van der Waals surface area contributed by atoms with Gasteiger partial charge in [-0.05, 0) is 74.2 Å². The zero-order valence-electron chi connectivity index (χ0n) is 14.5. The average molecular weight is 337 g/mol. The van der Waals surface area contributed by atoms with E-state index in [1.165, 1.54) is 5.57 Å². The number of hydrogen-bond donors (Lipinski definition) is 2. The Hall–Kier alpha value is -0.310. The molecule has 4 rings (SSSR count). The van der Waals surface area contributed by atoms with Gasteiger partial charge in [0.15, 0.2) is 0 Å². The Morgan fingerprint density at radius 3 is 2.52 bits per heavy atom. The molecule has 0 aliphatic heterocycles. The number of aliphatic hydroxyl groups is 2. The van der Waals surface area contributed by atoms with Crippen molar-refractivity contribution in [2.24, 2.45) is 28.6 Å². The van der Waals surface area contributed by atoms with Crippen LogP contribution in [0.4, 0.5) is 0 Å². The summed E-state index contributed by atoms with van der Waals surface area (Å²) in [4.78, 5) is 0. The second kappa shape index (κ2) is 4.86. The van der Waals surface area contributed by atoms with Crippen molar-refractivity contribution in [1.82, 2.24) is 0 Å². The van der Waals surface area contributed by atoms with Crippen LogP contribution in [-0.2, 0) is 0 Å². The fourth-order valence-corrected chi connectivity index (χ4v) is 7.01. The molecule has 7 unspecified atom stereocenters. The van der Waals surface area contributed by atoms with Crippen molar-refractivity contribution in [3.8, 4) is 0 Å². The lowest BCUT2D eigenvalue weighted by molar-refractivity contribution is -0.111. The SMILES string of the molecule is CC12C=CC(O)C(Cl)=C1CCC1C2CCC2(C)C1CCC2(C)O. The molecule has 3 saturated carbocycles. The molecule has 0 spiro atoms. The predicted octanol–water partition coefficient (Wildman–Crippen LogP) is 4.40. The van der Waals surface area contributed by atoms with Crippen LogP contribution in [0.2, 0.25) is 0 Å². The van der Waals surface area contributed by atoms with Gasteiger partial charge in [-0.3, -0.25) is 0 Å². The second-order valence-electron chi connectivity index (χ2n) is 9.10. The Bertz CT molecular complexity index is 592. The van der Waals surface area contributed by atoms with E-state index in [0.717, 1.165) is 38.5 Å². The van der Waals surface area contributed by atoms with Crippen molar-refractivity contribution in [2.45, 2.75) is 71.0 Å². The smallest absolute Gasteiger partial charge is 0.108 e. The molecule has 0 heterocycles. The van der Waals surface area contributed by atoms with Crippen LogP contribution < -0.4 is 0 Å². The highest BCUT2D eigenvalue weighted by Crippen LogP contribution is 2.67. The highest BCUT2D eigenvalue weighted by Gasteiger charge is 2.62. The number of aliphatic hydroxyl groups excluding tert-OH is 1. The third-order valence-electron chi connectivity index (χ3n) is 8.32. The molecule has 2 nitrogen and oxygen atoms in total. The summed E-state index contributed by atoms with van der Waals surface area (Å²) in [6.45, 7) is 6.69. The lowest BCUT2D eigenvalue weighted by atomic mass is 9.47. The standard InChI is InChI=1S/C20H29ClO2/c1-18-9-8-16(22)17(21)15(18)5-4-12-13(18)6-10-19(2)14(12)7-11-20(19,3)23/h8-9,12-14,16,22-23H,4-7,10-11H2,1-3H3. The number of fused-ring (bicyclic) bond motifs is 5. The summed E-state index contributed by atoms with van der Waals surface area (Å²) in [6.07, 6.45) is 9.98. The summed E-state index contributed by atoms with van der Waals surface area (Å²) in [5.41, 5.74) is 0.807. The van der Waals surface area contributed by atoms with Crippen LogP contribution in [0.5, 0.6) is 0 Å². The van der Waals surface area contributed by atoms with Crippen molar-refractivity contribution in [3.05, 3.63) is 22.8 Å². The van der Waals surface area contributed by atoms with E-state index in [1.54, 1.807) is 0 Å². The lowest BCUT2D eigenvalue weighted by Crippen LogP contribution is -2.53. The van der Waals surface area contributed by atoms with Gasteiger partial charge in [0.05, 0.1) is 10.6 Å². The monoisotopic (exact) mass is 336 g/mol. The minimum atomic E-state index is -0.614. The summed E-state index contributed by atoms with van der Waals surface area (Å²) < 4.78 is 0. The fourth-order valence-electron chi connectivity index (χ4n) is 6.64. The Morgan fingerprint density at radius 1 is 1.09 bits per heavy atom. The topological polar surface area (TPSA) is 40.5 Å². The van der Waals surface area contributed by atoms with Gasteiger partial charge in [0.1, 0.15) is 6.10 Å². The first-order valence-corrected chi connectivity index (χ1v) is 9.57. The van der Waals surface area contributed by atoms with Crippen LogP contribution in [0.15, 0.2) is 22.8 Å². The van der Waals surface area contributed by atoms with Crippen LogP contribution in [0, 0.1) is 28.6 Å². The molecule has 23 heavy (non-hydrogen) atoms. The Labute approximate surface area is 144 Å². The molecule has 128 valence electrons. The molecule has 3 heteroatoms. The van der Waals surface area contributed by atoms with E-state index in [2.05, 4.69) is 26.8 Å². The van der Waals surface area contributed by atoms with Crippen molar-refractivity contribution in [2.75, 3.05) is 0 Å². The third kappa shape index (κ3) is 1.95. The summed E-state index contributed by atoms with van der Waals surface area (Å²) in [5.74, 6) is 1.88. The van der Waals surface area contributed by atoms with E-state index in [9.17, 15) is 10.2 Å². The molecule has 0 aromatic heterocycles. The normalized spacial score (nSPS) is 55.4. The summed E-state index contributed by atoms with van der Waals surface area (Å²) in [7, 11) is 0. The van der Waals surface area contributed by atoms with Crippen molar-refractivity contribution in [1.29, 1.82) is 0 Å². The molecule has 7 atom stereocenters. The molecule has 0 radical (unpaired) electrons. The van der Waals surface area contributed by atoms with Gasteiger partial charge in [-0.2, -0.15) is 0 Å². The molecular weight excluding hydrogens is 308 g/mol. The quantitative estimate of drug-likeness (QED) is 0.643. The molecule has 0 aromatic carbocycles. The van der Waals surface area contributed by atoms with E-state index in [1.807, 2.05) is 6.08 Å². The average Bonchev–Trinajstić information content (AvgIpc) is 2.74. The van der Waals surface area contributed by atoms with Gasteiger partial charge < -0.3 is 10.2 Å². The van der Waals surface area contributed by atoms with E-state index < -0.39 is 11.7 Å². The summed E-state index contributed by atoms with van der Waals surface area (Å²) in [6, 6.07) is 0. The fraction of sp³-hybridized carbons (Fsp3) is 0.800. The van der Waals surface area contributed by atoms with Gasteiger partial charge in [-0.15, -0.1) is 0 Å². The van der Waals surface area contributed by atoms with Crippen LogP contribution in [0.3, 0.4) is 0 Å². The van der Waals surface area contributed by atoms with Crippen molar-refractivity contribution < 1.29 is 10.2 Å². The van der Waals surface area contributed by atoms with Crippen LogP contribution >= 0.6 is 11.6 Å². The maximum atomic E-state index is 10.9. The molecule has 3 fully saturated rings. The van der Waals surface area contributed by atoms with E-state index in [4.69, 9.17) is 11.6 Å². The van der Waals surface area contributed by atoms with E-state index >= 15 is 0 Å². The lowest BCUT2D eigenvalue weighted by Gasteiger charge is -2.58. The highest BCUT2D eigenvalue weighted by molar-refractivity contribution is 6.31. The Kier molecular flexibility index (Phi) is 3.42. The largest absolute Gasteiger partial charge is 0.390 e. The van der Waals surface area contributed by atoms with Gasteiger partial charge in [0.2, 0.25) is 0 Å². The highest BCUT2D eigenvalue weighted by atomic mass is 35.5. The molecule has 2 N–H and O–H groups in total. The van der Waals surface area contributed by atoms with Crippen molar-refractivity contribution >= 4 is 11.6 Å². The number of hydrogen-bond acceptors (Lipinski definition) is 2. The summed E-state index contributed by atoms with van der Waals surface area (Å²) >= 11 is 6.48. The Morgan fingerprint density at radius 2 is 1.78 bits per heavy atom. The van der Waals surface area contributed by atoms with E-state index in [-0.39, 0.29) is 10.8 Å². The molecule has 0 saturated heterocycles. The van der Waals surface area contributed by atoms with E-state index in [0.29, 0.717) is 22.8 Å². The molecule has 0 amide bonds. The Balaban J connectivity index is 1.72. The molecule has 0 aromatic rings. The van der Waals surface area contributed by atoms with Crippen LogP contribution in [0.25, 0.3) is 0 Å². The first kappa shape index (κ1) is 16.2.